The fraction of sp³-hybridized carbons (Fsp3) is 0.977. The Morgan fingerprint density at radius 2 is 0.905 bits per heavy atom. The van der Waals surface area contributed by atoms with Gasteiger partial charge >= 0.3 is 0 Å². The summed E-state index contributed by atoms with van der Waals surface area (Å²) in [4.78, 5) is 12.8. The third-order valence-corrected chi connectivity index (χ3v) is 12.4. The summed E-state index contributed by atoms with van der Waals surface area (Å²) >= 11 is 0. The molecule has 17 atom stereocenters. The fourth-order valence-corrected chi connectivity index (χ4v) is 8.35. The maximum atomic E-state index is 12.8. The van der Waals surface area contributed by atoms with Gasteiger partial charge in [0, 0.05) is 6.42 Å². The quantitative estimate of drug-likeness (QED) is 0.0400. The van der Waals surface area contributed by atoms with Crippen LogP contribution in [0.3, 0.4) is 0 Å². The van der Waals surface area contributed by atoms with Crippen molar-refractivity contribution in [2.45, 2.75) is 247 Å². The topological polar surface area (TPSA) is 307 Å². The van der Waals surface area contributed by atoms with Gasteiger partial charge in [-0.3, -0.25) is 4.79 Å². The molecule has 0 aromatic carbocycles. The number of hydrogen-bond acceptors (Lipinski definition) is 18. The van der Waals surface area contributed by atoms with Gasteiger partial charge in [-0.1, -0.05) is 123 Å². The molecule has 372 valence electrons. The van der Waals surface area contributed by atoms with Gasteiger partial charge in [0.25, 0.3) is 0 Å². The molecule has 0 saturated carbocycles. The van der Waals surface area contributed by atoms with Crippen LogP contribution in [-0.4, -0.2) is 193 Å². The Morgan fingerprint density at radius 1 is 0.508 bits per heavy atom. The summed E-state index contributed by atoms with van der Waals surface area (Å²) < 4.78 is 33.9. The number of unbranched alkanes of at least 4 members (excludes halogenated alkanes) is 16. The second-order valence-electron chi connectivity index (χ2n) is 17.6. The predicted molar refractivity (Wildman–Crippen MR) is 227 cm³/mol. The number of ether oxygens (including phenoxy) is 6. The highest BCUT2D eigenvalue weighted by atomic mass is 16.8. The first-order valence-electron chi connectivity index (χ1n) is 23.8. The number of aliphatic hydroxyl groups excluding tert-OH is 11. The number of hydrogen-bond donors (Lipinski definition) is 12. The van der Waals surface area contributed by atoms with Crippen LogP contribution in [0.25, 0.3) is 0 Å². The minimum absolute atomic E-state index is 0.243. The molecule has 19 heteroatoms. The van der Waals surface area contributed by atoms with Crippen LogP contribution in [-0.2, 0) is 33.2 Å². The molecule has 1 amide bonds. The van der Waals surface area contributed by atoms with Gasteiger partial charge in [-0.25, -0.2) is 0 Å². The zero-order chi connectivity index (χ0) is 46.3. The Labute approximate surface area is 373 Å². The molecule has 0 aromatic rings. The molecule has 63 heavy (non-hydrogen) atoms. The minimum atomic E-state index is -1.96. The van der Waals surface area contributed by atoms with E-state index in [1.54, 1.807) is 0 Å². The van der Waals surface area contributed by atoms with Crippen LogP contribution in [0.2, 0.25) is 0 Å². The summed E-state index contributed by atoms with van der Waals surface area (Å²) in [5, 5.41) is 119. The van der Waals surface area contributed by atoms with E-state index in [9.17, 15) is 61.0 Å². The van der Waals surface area contributed by atoms with Gasteiger partial charge < -0.3 is 89.9 Å². The van der Waals surface area contributed by atoms with E-state index in [0.717, 1.165) is 32.1 Å². The molecule has 0 aliphatic carbocycles. The smallest absolute Gasteiger partial charge is 0.220 e. The van der Waals surface area contributed by atoms with E-state index in [1.165, 1.54) is 77.0 Å². The Morgan fingerprint density at radius 3 is 1.37 bits per heavy atom. The van der Waals surface area contributed by atoms with Crippen LogP contribution in [0.15, 0.2) is 0 Å². The number of amides is 1. The van der Waals surface area contributed by atoms with Crippen LogP contribution in [0.5, 0.6) is 0 Å². The Kier molecular flexibility index (Phi) is 27.6. The van der Waals surface area contributed by atoms with Gasteiger partial charge in [0.2, 0.25) is 5.91 Å². The average Bonchev–Trinajstić information content (AvgIpc) is 3.28. The van der Waals surface area contributed by atoms with E-state index in [0.29, 0.717) is 12.8 Å². The summed E-state index contributed by atoms with van der Waals surface area (Å²) in [5.41, 5.74) is 0. The van der Waals surface area contributed by atoms with Crippen molar-refractivity contribution in [2.24, 2.45) is 0 Å². The summed E-state index contributed by atoms with van der Waals surface area (Å²) in [6.45, 7) is 1.50. The van der Waals surface area contributed by atoms with E-state index < -0.39 is 124 Å². The van der Waals surface area contributed by atoms with Gasteiger partial charge in [-0.05, 0) is 12.8 Å². The lowest BCUT2D eigenvalue weighted by Gasteiger charge is -2.48. The second kappa shape index (κ2) is 31.0. The highest BCUT2D eigenvalue weighted by Crippen LogP contribution is 2.33. The van der Waals surface area contributed by atoms with Gasteiger partial charge in [0.1, 0.15) is 73.2 Å². The van der Waals surface area contributed by atoms with Crippen LogP contribution >= 0.6 is 0 Å². The Balaban J connectivity index is 1.48. The molecule has 3 rings (SSSR count). The third kappa shape index (κ3) is 18.1. The molecule has 0 aromatic heterocycles. The average molecular weight is 914 g/mol. The first-order chi connectivity index (χ1) is 30.3. The zero-order valence-corrected chi connectivity index (χ0v) is 37.6. The van der Waals surface area contributed by atoms with Crippen molar-refractivity contribution < 1.29 is 89.4 Å². The van der Waals surface area contributed by atoms with E-state index in [-0.39, 0.29) is 18.9 Å². The van der Waals surface area contributed by atoms with Gasteiger partial charge in [0.05, 0.1) is 38.6 Å². The number of carbonyl (C=O) groups excluding carboxylic acids is 1. The summed E-state index contributed by atoms with van der Waals surface area (Å²) in [6, 6.07) is -0.874. The van der Waals surface area contributed by atoms with Crippen LogP contribution in [0.4, 0.5) is 0 Å². The summed E-state index contributed by atoms with van der Waals surface area (Å²) in [7, 11) is 0. The molecule has 19 nitrogen and oxygen atoms in total. The molecule has 0 spiro atoms. The normalized spacial score (nSPS) is 34.8. The monoisotopic (exact) mass is 914 g/mol. The van der Waals surface area contributed by atoms with Crippen molar-refractivity contribution in [1.82, 2.24) is 5.32 Å². The van der Waals surface area contributed by atoms with E-state index in [1.807, 2.05) is 6.92 Å². The number of carbonyl (C=O) groups is 1. The number of nitrogens with one attached hydrogen (secondary N) is 1. The summed E-state index contributed by atoms with van der Waals surface area (Å²) in [6.07, 6.45) is -4.88. The second-order valence-corrected chi connectivity index (χ2v) is 17.6. The lowest BCUT2D eigenvalue weighted by molar-refractivity contribution is -0.379. The Bertz CT molecular complexity index is 1190. The van der Waals surface area contributed by atoms with Crippen molar-refractivity contribution in [2.75, 3.05) is 26.4 Å². The number of rotatable bonds is 32. The molecular weight excluding hydrogens is 830 g/mol. The minimum Gasteiger partial charge on any atom is -0.394 e. The molecule has 17 unspecified atom stereocenters. The predicted octanol–water partition coefficient (Wildman–Crippen LogP) is 0.139. The van der Waals surface area contributed by atoms with Crippen molar-refractivity contribution in [3.8, 4) is 0 Å². The van der Waals surface area contributed by atoms with Gasteiger partial charge in [-0.15, -0.1) is 0 Å². The van der Waals surface area contributed by atoms with Crippen molar-refractivity contribution >= 4 is 5.91 Å². The molecular formula is C44H83NO18. The largest absolute Gasteiger partial charge is 0.394 e. The number of aliphatic hydroxyl groups is 11. The van der Waals surface area contributed by atoms with Crippen LogP contribution < -0.4 is 5.32 Å². The molecule has 3 aliphatic rings. The van der Waals surface area contributed by atoms with E-state index in [2.05, 4.69) is 12.2 Å². The zero-order valence-electron chi connectivity index (χ0n) is 37.6. The highest BCUT2D eigenvalue weighted by molar-refractivity contribution is 5.76. The van der Waals surface area contributed by atoms with Gasteiger partial charge in [-0.2, -0.15) is 0 Å². The standard InChI is InChI=1S/C44H83NO18/c1-3-5-7-8-9-10-11-12-13-14-15-16-17-18-19-20-21-28(49)27(45-32(50)22-6-4-2)26-58-42-38(56)35(53)40(30(24-47)60-42)63-44-39(57)36(54)41(31(25-48)61-44)62-43-37(55)34(52)33(51)29(23-46)59-43/h27-31,33-44,46-49,51-57H,3-26H2,1-2H3,(H,45,50). The van der Waals surface area contributed by atoms with E-state index >= 15 is 0 Å². The first kappa shape index (κ1) is 56.1. The van der Waals surface area contributed by atoms with Crippen molar-refractivity contribution in [3.05, 3.63) is 0 Å². The first-order valence-corrected chi connectivity index (χ1v) is 23.8. The van der Waals surface area contributed by atoms with Crippen LogP contribution in [0.1, 0.15) is 142 Å². The molecule has 0 radical (unpaired) electrons. The Hall–Kier alpha value is -1.21. The molecule has 3 aliphatic heterocycles. The van der Waals surface area contributed by atoms with E-state index in [4.69, 9.17) is 28.4 Å². The maximum absolute atomic E-state index is 12.8. The van der Waals surface area contributed by atoms with Crippen molar-refractivity contribution in [3.63, 3.8) is 0 Å². The summed E-state index contributed by atoms with van der Waals surface area (Å²) in [5.74, 6) is -0.279. The highest BCUT2D eigenvalue weighted by Gasteiger charge is 2.53. The third-order valence-electron chi connectivity index (χ3n) is 12.4. The molecule has 3 heterocycles. The molecule has 3 saturated heterocycles. The lowest BCUT2D eigenvalue weighted by Crippen LogP contribution is -2.66. The van der Waals surface area contributed by atoms with Crippen LogP contribution in [0, 0.1) is 0 Å². The molecule has 0 bridgehead atoms. The molecule has 3 fully saturated rings. The fourth-order valence-electron chi connectivity index (χ4n) is 8.35. The maximum Gasteiger partial charge on any atom is 0.220 e. The molecule has 12 N–H and O–H groups in total. The van der Waals surface area contributed by atoms with Crippen molar-refractivity contribution in [1.29, 1.82) is 0 Å². The lowest BCUT2D eigenvalue weighted by atomic mass is 9.96. The SMILES string of the molecule is CCCCCCCCCCCCCCCCCCC(O)C(COC1OC(CO)C(OC2OC(CO)C(OC3OC(CO)C(O)C(O)C3O)C(O)C2O)C(O)C1O)NC(=O)CCCC. The van der Waals surface area contributed by atoms with Gasteiger partial charge in [0.15, 0.2) is 18.9 Å².